The molecule has 0 saturated heterocycles. The molecule has 0 unspecified atom stereocenters. The average molecular weight is 235 g/mol. The Balaban J connectivity index is 2.94. The van der Waals surface area contributed by atoms with Gasteiger partial charge in [-0.2, -0.15) is 0 Å². The molecule has 0 saturated carbocycles. The molecule has 1 aromatic rings. The van der Waals surface area contributed by atoms with Crippen LogP contribution in [0.5, 0.6) is 5.75 Å². The molecule has 1 aromatic carbocycles. The van der Waals surface area contributed by atoms with Crippen molar-refractivity contribution < 1.29 is 9.90 Å². The molecule has 0 aliphatic rings. The van der Waals surface area contributed by atoms with E-state index in [1.54, 1.807) is 25.1 Å². The normalized spacial score (nSPS) is 11.3. The Morgan fingerprint density at radius 2 is 1.94 bits per heavy atom. The van der Waals surface area contributed by atoms with Gasteiger partial charge in [-0.25, -0.2) is 0 Å². The summed E-state index contributed by atoms with van der Waals surface area (Å²) in [5.74, 6) is 0.0388. The first kappa shape index (κ1) is 13.6. The fourth-order valence-corrected chi connectivity index (χ4v) is 1.64. The van der Waals surface area contributed by atoms with Gasteiger partial charge < -0.3 is 10.4 Å². The molecule has 0 aliphatic heterocycles. The molecule has 0 atom stereocenters. The maximum atomic E-state index is 12.1. The molecule has 0 spiro atoms. The van der Waals surface area contributed by atoms with Crippen LogP contribution in [0, 0.1) is 6.92 Å². The van der Waals surface area contributed by atoms with Crippen molar-refractivity contribution in [2.24, 2.45) is 0 Å². The van der Waals surface area contributed by atoms with Crippen molar-refractivity contribution in [3.63, 3.8) is 0 Å². The van der Waals surface area contributed by atoms with Gasteiger partial charge in [0.1, 0.15) is 5.75 Å². The minimum Gasteiger partial charge on any atom is -0.508 e. The highest BCUT2D eigenvalue weighted by Gasteiger charge is 2.23. The molecule has 0 aliphatic carbocycles. The van der Waals surface area contributed by atoms with E-state index in [1.807, 2.05) is 6.92 Å². The Morgan fingerprint density at radius 1 is 1.35 bits per heavy atom. The van der Waals surface area contributed by atoms with Crippen LogP contribution in [-0.4, -0.2) is 16.6 Å². The number of nitrogens with one attached hydrogen (secondary N) is 1. The SMILES string of the molecule is CCC(C)(CC)NC(=O)c1cccc(O)c1C. The molecule has 1 amide bonds. The Labute approximate surface area is 103 Å². The molecule has 0 aromatic heterocycles. The number of phenols is 1. The number of phenolic OH excluding ortho intramolecular Hbond substituents is 1. The number of rotatable bonds is 4. The van der Waals surface area contributed by atoms with Gasteiger partial charge in [-0.3, -0.25) is 4.79 Å². The number of amides is 1. The highest BCUT2D eigenvalue weighted by molar-refractivity contribution is 5.96. The molecule has 3 nitrogen and oxygen atoms in total. The topological polar surface area (TPSA) is 49.3 Å². The molecule has 0 heterocycles. The second kappa shape index (κ2) is 5.21. The quantitative estimate of drug-likeness (QED) is 0.842. The smallest absolute Gasteiger partial charge is 0.252 e. The van der Waals surface area contributed by atoms with Gasteiger partial charge in [0.2, 0.25) is 0 Å². The predicted molar refractivity (Wildman–Crippen MR) is 69.3 cm³/mol. The van der Waals surface area contributed by atoms with Gasteiger partial charge in [0.25, 0.3) is 5.91 Å². The molecule has 0 bridgehead atoms. The summed E-state index contributed by atoms with van der Waals surface area (Å²) < 4.78 is 0. The summed E-state index contributed by atoms with van der Waals surface area (Å²) in [7, 11) is 0. The van der Waals surface area contributed by atoms with Crippen LogP contribution < -0.4 is 5.32 Å². The summed E-state index contributed by atoms with van der Waals surface area (Å²) in [6.45, 7) is 7.89. The van der Waals surface area contributed by atoms with Crippen molar-refractivity contribution in [3.8, 4) is 5.75 Å². The third kappa shape index (κ3) is 2.99. The van der Waals surface area contributed by atoms with Gasteiger partial charge in [0.05, 0.1) is 0 Å². The molecular weight excluding hydrogens is 214 g/mol. The summed E-state index contributed by atoms with van der Waals surface area (Å²) in [4.78, 5) is 12.1. The number of hydrogen-bond donors (Lipinski definition) is 2. The summed E-state index contributed by atoms with van der Waals surface area (Å²) in [5, 5.41) is 12.6. The first-order valence-electron chi connectivity index (χ1n) is 6.04. The predicted octanol–water partition coefficient (Wildman–Crippen LogP) is 3.01. The Bertz CT molecular complexity index is 409. The zero-order valence-corrected chi connectivity index (χ0v) is 11.0. The molecule has 1 rings (SSSR count). The van der Waals surface area contributed by atoms with Gasteiger partial charge in [-0.15, -0.1) is 0 Å². The zero-order valence-electron chi connectivity index (χ0n) is 11.0. The lowest BCUT2D eigenvalue weighted by atomic mass is 9.94. The first-order chi connectivity index (χ1) is 7.93. The number of benzene rings is 1. The third-order valence-corrected chi connectivity index (χ3v) is 3.53. The van der Waals surface area contributed by atoms with Crippen LogP contribution in [0.2, 0.25) is 0 Å². The van der Waals surface area contributed by atoms with Crippen molar-refractivity contribution in [2.75, 3.05) is 0 Å². The number of carbonyl (C=O) groups is 1. The van der Waals surface area contributed by atoms with Crippen LogP contribution in [0.4, 0.5) is 0 Å². The fourth-order valence-electron chi connectivity index (χ4n) is 1.64. The van der Waals surface area contributed by atoms with Crippen molar-refractivity contribution in [3.05, 3.63) is 29.3 Å². The standard InChI is InChI=1S/C14H21NO2/c1-5-14(4,6-2)15-13(17)11-8-7-9-12(16)10(11)3/h7-9,16H,5-6H2,1-4H3,(H,15,17). The fraction of sp³-hybridized carbons (Fsp3) is 0.500. The molecular formula is C14H21NO2. The van der Waals surface area contributed by atoms with Crippen LogP contribution in [0.25, 0.3) is 0 Å². The van der Waals surface area contributed by atoms with E-state index in [-0.39, 0.29) is 17.2 Å². The minimum atomic E-state index is -0.186. The molecule has 0 fully saturated rings. The Hall–Kier alpha value is -1.51. The molecule has 0 radical (unpaired) electrons. The van der Waals surface area contributed by atoms with Crippen LogP contribution in [0.3, 0.4) is 0 Å². The lowest BCUT2D eigenvalue weighted by Crippen LogP contribution is -2.45. The van der Waals surface area contributed by atoms with E-state index in [0.717, 1.165) is 12.8 Å². The number of hydrogen-bond acceptors (Lipinski definition) is 2. The summed E-state index contributed by atoms with van der Waals surface area (Å²) in [6, 6.07) is 5.01. The lowest BCUT2D eigenvalue weighted by molar-refractivity contribution is 0.0900. The Morgan fingerprint density at radius 3 is 2.47 bits per heavy atom. The van der Waals surface area contributed by atoms with E-state index >= 15 is 0 Å². The highest BCUT2D eigenvalue weighted by atomic mass is 16.3. The first-order valence-corrected chi connectivity index (χ1v) is 6.04. The molecule has 17 heavy (non-hydrogen) atoms. The monoisotopic (exact) mass is 235 g/mol. The summed E-state index contributed by atoms with van der Waals surface area (Å²) in [6.07, 6.45) is 1.76. The van der Waals surface area contributed by atoms with Crippen LogP contribution in [-0.2, 0) is 0 Å². The van der Waals surface area contributed by atoms with Crippen molar-refractivity contribution in [2.45, 2.75) is 46.1 Å². The van der Waals surface area contributed by atoms with Crippen molar-refractivity contribution in [1.29, 1.82) is 0 Å². The number of aromatic hydroxyl groups is 1. The Kier molecular flexibility index (Phi) is 4.16. The van der Waals surface area contributed by atoms with E-state index in [1.165, 1.54) is 0 Å². The van der Waals surface area contributed by atoms with E-state index in [2.05, 4.69) is 19.2 Å². The molecule has 94 valence electrons. The summed E-state index contributed by atoms with van der Waals surface area (Å²) in [5.41, 5.74) is 0.979. The maximum Gasteiger partial charge on any atom is 0.252 e. The van der Waals surface area contributed by atoms with E-state index < -0.39 is 0 Å². The van der Waals surface area contributed by atoms with Crippen LogP contribution >= 0.6 is 0 Å². The lowest BCUT2D eigenvalue weighted by Gasteiger charge is -2.28. The summed E-state index contributed by atoms with van der Waals surface area (Å²) >= 11 is 0. The molecule has 2 N–H and O–H groups in total. The largest absolute Gasteiger partial charge is 0.508 e. The van der Waals surface area contributed by atoms with Crippen LogP contribution in [0.1, 0.15) is 49.5 Å². The van der Waals surface area contributed by atoms with E-state index in [0.29, 0.717) is 11.1 Å². The van der Waals surface area contributed by atoms with Gasteiger partial charge in [-0.1, -0.05) is 19.9 Å². The van der Waals surface area contributed by atoms with E-state index in [4.69, 9.17) is 0 Å². The van der Waals surface area contributed by atoms with E-state index in [9.17, 15) is 9.90 Å². The van der Waals surface area contributed by atoms with Crippen molar-refractivity contribution in [1.82, 2.24) is 5.32 Å². The molecule has 3 heteroatoms. The number of carbonyl (C=O) groups excluding carboxylic acids is 1. The maximum absolute atomic E-state index is 12.1. The van der Waals surface area contributed by atoms with Gasteiger partial charge >= 0.3 is 0 Å². The highest BCUT2D eigenvalue weighted by Crippen LogP contribution is 2.21. The second-order valence-corrected chi connectivity index (χ2v) is 4.67. The van der Waals surface area contributed by atoms with Crippen LogP contribution in [0.15, 0.2) is 18.2 Å². The van der Waals surface area contributed by atoms with Crippen molar-refractivity contribution >= 4 is 5.91 Å². The van der Waals surface area contributed by atoms with Gasteiger partial charge in [-0.05, 0) is 38.8 Å². The third-order valence-electron chi connectivity index (χ3n) is 3.53. The van der Waals surface area contributed by atoms with Gasteiger partial charge in [0, 0.05) is 16.7 Å². The minimum absolute atomic E-state index is 0.121. The zero-order chi connectivity index (χ0) is 13.1. The average Bonchev–Trinajstić information content (AvgIpc) is 2.32. The van der Waals surface area contributed by atoms with Gasteiger partial charge in [0.15, 0.2) is 0 Å². The second-order valence-electron chi connectivity index (χ2n) is 4.67.